The van der Waals surface area contributed by atoms with E-state index in [9.17, 15) is 27.2 Å². The fourth-order valence-corrected chi connectivity index (χ4v) is 4.03. The molecule has 0 atom stereocenters. The van der Waals surface area contributed by atoms with Crippen molar-refractivity contribution in [1.82, 2.24) is 9.13 Å². The Labute approximate surface area is 191 Å². The molecule has 0 aliphatic rings. The van der Waals surface area contributed by atoms with Crippen LogP contribution in [0.2, 0.25) is 0 Å². The van der Waals surface area contributed by atoms with Gasteiger partial charge in [-0.3, -0.25) is 9.59 Å². The van der Waals surface area contributed by atoms with Gasteiger partial charge >= 0.3 is 5.97 Å². The smallest absolute Gasteiger partial charge is 0.325 e. The van der Waals surface area contributed by atoms with E-state index in [1.165, 1.54) is 36.1 Å². The lowest BCUT2D eigenvalue weighted by atomic mass is 10.0. The molecule has 0 saturated heterocycles. The minimum absolute atomic E-state index is 0.0562. The number of rotatable bonds is 6. The van der Waals surface area contributed by atoms with E-state index in [0.717, 1.165) is 17.3 Å². The Morgan fingerprint density at radius 3 is 2.44 bits per heavy atom. The van der Waals surface area contributed by atoms with Crippen LogP contribution in [0.15, 0.2) is 53.5 Å². The summed E-state index contributed by atoms with van der Waals surface area (Å²) in [6, 6.07) is 8.29. The molecule has 4 rings (SSSR count). The van der Waals surface area contributed by atoms with Crippen LogP contribution in [0.5, 0.6) is 0 Å². The Morgan fingerprint density at radius 2 is 1.71 bits per heavy atom. The minimum Gasteiger partial charge on any atom is -0.468 e. The zero-order chi connectivity index (χ0) is 24.6. The second kappa shape index (κ2) is 9.17. The molecule has 0 bridgehead atoms. The van der Waals surface area contributed by atoms with Crippen molar-refractivity contribution in [2.75, 3.05) is 7.11 Å². The van der Waals surface area contributed by atoms with E-state index in [1.54, 1.807) is 23.6 Å². The molecule has 0 unspecified atom stereocenters. The van der Waals surface area contributed by atoms with E-state index in [1.807, 2.05) is 0 Å². The summed E-state index contributed by atoms with van der Waals surface area (Å²) in [4.78, 5) is 24.2. The van der Waals surface area contributed by atoms with Crippen LogP contribution in [-0.2, 0) is 29.0 Å². The molecule has 176 valence electrons. The van der Waals surface area contributed by atoms with E-state index in [0.29, 0.717) is 22.5 Å². The number of halogens is 4. The second-order valence-corrected chi connectivity index (χ2v) is 7.93. The van der Waals surface area contributed by atoms with Gasteiger partial charge in [-0.25, -0.2) is 17.6 Å². The van der Waals surface area contributed by atoms with Crippen LogP contribution >= 0.6 is 0 Å². The molecule has 2 aromatic carbocycles. The van der Waals surface area contributed by atoms with E-state index in [2.05, 4.69) is 0 Å². The van der Waals surface area contributed by atoms with Gasteiger partial charge in [-0.1, -0.05) is 6.07 Å². The van der Waals surface area contributed by atoms with Gasteiger partial charge in [-0.15, -0.1) is 0 Å². The molecule has 0 aliphatic carbocycles. The summed E-state index contributed by atoms with van der Waals surface area (Å²) in [7, 11) is 1.28. The predicted molar refractivity (Wildman–Crippen MR) is 118 cm³/mol. The second-order valence-electron chi connectivity index (χ2n) is 7.93. The number of hydrogen-bond donors (Lipinski definition) is 0. The number of ether oxygens (including phenoxy) is 1. The van der Waals surface area contributed by atoms with Crippen LogP contribution in [0.3, 0.4) is 0 Å². The van der Waals surface area contributed by atoms with Crippen LogP contribution < -0.4 is 5.56 Å². The fourth-order valence-electron chi connectivity index (χ4n) is 4.03. The molecule has 0 spiro atoms. The molecule has 2 aromatic heterocycles. The molecule has 0 saturated carbocycles. The zero-order valence-electron chi connectivity index (χ0n) is 18.4. The number of esters is 1. The Bertz CT molecular complexity index is 1470. The number of benzene rings is 2. The first-order valence-corrected chi connectivity index (χ1v) is 10.3. The van der Waals surface area contributed by atoms with Crippen LogP contribution in [0.25, 0.3) is 10.9 Å². The monoisotopic (exact) mass is 472 g/mol. The first-order chi connectivity index (χ1) is 16.2. The summed E-state index contributed by atoms with van der Waals surface area (Å²) in [5.74, 6) is -4.39. The Hall–Kier alpha value is -3.88. The molecule has 0 amide bonds. The average molecular weight is 472 g/mol. The van der Waals surface area contributed by atoms with Crippen molar-refractivity contribution in [1.29, 1.82) is 0 Å². The van der Waals surface area contributed by atoms with E-state index >= 15 is 0 Å². The topological polar surface area (TPSA) is 53.2 Å². The summed E-state index contributed by atoms with van der Waals surface area (Å²) in [5.41, 5.74) is 2.12. The summed E-state index contributed by atoms with van der Waals surface area (Å²) in [5, 5.41) is 0.603. The van der Waals surface area contributed by atoms with Crippen LogP contribution in [-0.4, -0.2) is 22.2 Å². The van der Waals surface area contributed by atoms with Crippen molar-refractivity contribution in [2.45, 2.75) is 26.4 Å². The van der Waals surface area contributed by atoms with Gasteiger partial charge in [0.1, 0.15) is 18.2 Å². The van der Waals surface area contributed by atoms with Gasteiger partial charge in [0.15, 0.2) is 11.6 Å². The van der Waals surface area contributed by atoms with Crippen LogP contribution in [0, 0.1) is 30.2 Å². The van der Waals surface area contributed by atoms with Crippen molar-refractivity contribution < 1.29 is 27.1 Å². The van der Waals surface area contributed by atoms with Crippen LogP contribution in [0.4, 0.5) is 17.6 Å². The van der Waals surface area contributed by atoms with Gasteiger partial charge < -0.3 is 13.9 Å². The summed E-state index contributed by atoms with van der Waals surface area (Å²) in [6.45, 7) is 1.44. The predicted octanol–water partition coefficient (Wildman–Crippen LogP) is 4.48. The first-order valence-electron chi connectivity index (χ1n) is 10.3. The van der Waals surface area contributed by atoms with Crippen molar-refractivity contribution in [3.63, 3.8) is 0 Å². The van der Waals surface area contributed by atoms with Crippen molar-refractivity contribution >= 4 is 16.9 Å². The molecule has 5 nitrogen and oxygen atoms in total. The largest absolute Gasteiger partial charge is 0.468 e. The maximum Gasteiger partial charge on any atom is 0.325 e. The molecule has 0 radical (unpaired) electrons. The lowest BCUT2D eigenvalue weighted by Crippen LogP contribution is -2.20. The number of hydrogen-bond acceptors (Lipinski definition) is 3. The highest BCUT2D eigenvalue weighted by atomic mass is 19.2. The molecule has 0 N–H and O–H groups in total. The highest BCUT2D eigenvalue weighted by Crippen LogP contribution is 2.29. The summed E-state index contributed by atoms with van der Waals surface area (Å²) in [6.07, 6.45) is 1.77. The number of nitrogens with zero attached hydrogens (tertiary/aromatic N) is 2. The van der Waals surface area contributed by atoms with Gasteiger partial charge in [0.05, 0.1) is 13.7 Å². The fraction of sp³-hybridized carbons (Fsp3) is 0.200. The number of methoxy groups -OCH3 is 1. The van der Waals surface area contributed by atoms with E-state index in [4.69, 9.17) is 4.74 Å². The van der Waals surface area contributed by atoms with Crippen molar-refractivity contribution in [2.24, 2.45) is 0 Å². The normalized spacial score (nSPS) is 11.2. The highest BCUT2D eigenvalue weighted by Gasteiger charge is 2.18. The third kappa shape index (κ3) is 4.46. The van der Waals surface area contributed by atoms with Crippen LogP contribution in [0.1, 0.15) is 22.4 Å². The Kier molecular flexibility index (Phi) is 6.28. The molecular weight excluding hydrogens is 452 g/mol. The van der Waals surface area contributed by atoms with Gasteiger partial charge in [0, 0.05) is 46.9 Å². The molecular formula is C25H20F4N2O3. The number of fused-ring (bicyclic) bond motifs is 1. The van der Waals surface area contributed by atoms with Gasteiger partial charge in [0.2, 0.25) is 0 Å². The van der Waals surface area contributed by atoms with E-state index < -0.39 is 34.8 Å². The summed E-state index contributed by atoms with van der Waals surface area (Å²) >= 11 is 0. The highest BCUT2D eigenvalue weighted by molar-refractivity contribution is 5.87. The molecule has 2 heterocycles. The van der Waals surface area contributed by atoms with Gasteiger partial charge in [-0.05, 0) is 42.3 Å². The third-order valence-electron chi connectivity index (χ3n) is 5.79. The minimum atomic E-state index is -1.31. The van der Waals surface area contributed by atoms with Crippen molar-refractivity contribution in [3.05, 3.63) is 105 Å². The number of carbonyl (C=O) groups is 1. The lowest BCUT2D eigenvalue weighted by Gasteiger charge is -2.11. The van der Waals surface area contributed by atoms with E-state index in [-0.39, 0.29) is 25.1 Å². The SMILES string of the molecule is COC(=O)Cn1c(C)c(Cc2ccc(=O)n(Cc3cc(F)c(F)cc3F)c2)c2cc(F)ccc21. The van der Waals surface area contributed by atoms with Crippen molar-refractivity contribution in [3.8, 4) is 0 Å². The Balaban J connectivity index is 1.74. The first kappa shape index (κ1) is 23.3. The maximum atomic E-state index is 14.1. The quantitative estimate of drug-likeness (QED) is 0.236. The maximum absolute atomic E-state index is 14.1. The van der Waals surface area contributed by atoms with Gasteiger partial charge in [0.25, 0.3) is 5.56 Å². The molecule has 0 aliphatic heterocycles. The number of carbonyl (C=O) groups excluding carboxylic acids is 1. The Morgan fingerprint density at radius 1 is 0.971 bits per heavy atom. The van der Waals surface area contributed by atoms with Gasteiger partial charge in [-0.2, -0.15) is 0 Å². The number of pyridine rings is 1. The molecule has 34 heavy (non-hydrogen) atoms. The summed E-state index contributed by atoms with van der Waals surface area (Å²) < 4.78 is 62.6. The standard InChI is InChI=1S/C25H20F4N2O3/c1-14-18(19-9-17(26)4-5-23(19)31(14)13-25(33)34-2)7-15-3-6-24(32)30(11-15)12-16-8-21(28)22(29)10-20(16)27/h3-6,8-11H,7,12-13H2,1-2H3. The third-order valence-corrected chi connectivity index (χ3v) is 5.79. The average Bonchev–Trinajstić information content (AvgIpc) is 3.04. The number of aromatic nitrogens is 2. The molecule has 0 fully saturated rings. The molecule has 4 aromatic rings. The zero-order valence-corrected chi connectivity index (χ0v) is 18.4. The molecule has 9 heteroatoms. The lowest BCUT2D eigenvalue weighted by molar-refractivity contribution is -0.141.